The van der Waals surface area contributed by atoms with E-state index < -0.39 is 5.82 Å². The molecule has 0 bridgehead atoms. The molecule has 0 fully saturated rings. The van der Waals surface area contributed by atoms with E-state index in [-0.39, 0.29) is 12.2 Å². The molecule has 2 nitrogen and oxygen atoms in total. The normalized spacial score (nSPS) is 10.1. The second-order valence-corrected chi connectivity index (χ2v) is 5.23. The second kappa shape index (κ2) is 6.74. The molecule has 5 heteroatoms. The second-order valence-electron chi connectivity index (χ2n) is 4.11. The molecule has 0 aromatic heterocycles. The van der Waals surface area contributed by atoms with E-state index in [1.54, 1.807) is 12.1 Å². The first kappa shape index (κ1) is 14.8. The maximum absolute atomic E-state index is 13.2. The molecule has 20 heavy (non-hydrogen) atoms. The van der Waals surface area contributed by atoms with Crippen LogP contribution in [0, 0.1) is 17.1 Å². The molecule has 0 N–H and O–H groups in total. The van der Waals surface area contributed by atoms with Gasteiger partial charge in [-0.2, -0.15) is 5.26 Å². The quantitative estimate of drug-likeness (QED) is 0.740. The van der Waals surface area contributed by atoms with Gasteiger partial charge in [0, 0.05) is 5.88 Å². The lowest BCUT2D eigenvalue weighted by atomic mass is 10.1. The zero-order valence-corrected chi connectivity index (χ0v) is 12.7. The van der Waals surface area contributed by atoms with Gasteiger partial charge < -0.3 is 4.74 Å². The Morgan fingerprint density at radius 3 is 2.60 bits per heavy atom. The van der Waals surface area contributed by atoms with Crippen molar-refractivity contribution < 1.29 is 9.13 Å². The zero-order valence-electron chi connectivity index (χ0n) is 10.4. The van der Waals surface area contributed by atoms with Crippen LogP contribution in [0.2, 0.25) is 0 Å². The maximum atomic E-state index is 13.2. The average Bonchev–Trinajstić information content (AvgIpc) is 2.47. The van der Waals surface area contributed by atoms with E-state index in [1.807, 2.05) is 18.2 Å². The molecule has 0 aliphatic heterocycles. The number of nitrogens with zero attached hydrogens (tertiary/aromatic N) is 1. The summed E-state index contributed by atoms with van der Waals surface area (Å²) in [5.74, 6) is 0.577. The molecule has 0 amide bonds. The molecule has 0 heterocycles. The molecular weight excluding hydrogens is 345 g/mol. The number of alkyl halides is 1. The van der Waals surface area contributed by atoms with Gasteiger partial charge in [-0.25, -0.2) is 4.39 Å². The van der Waals surface area contributed by atoms with E-state index in [2.05, 4.69) is 15.9 Å². The summed E-state index contributed by atoms with van der Waals surface area (Å²) in [4.78, 5) is 0. The van der Waals surface area contributed by atoms with E-state index >= 15 is 0 Å². The van der Waals surface area contributed by atoms with Gasteiger partial charge >= 0.3 is 0 Å². The Morgan fingerprint density at radius 2 is 1.95 bits per heavy atom. The van der Waals surface area contributed by atoms with Crippen LogP contribution in [0.3, 0.4) is 0 Å². The van der Waals surface area contributed by atoms with Crippen LogP contribution in [0.5, 0.6) is 5.75 Å². The predicted molar refractivity (Wildman–Crippen MR) is 79.1 cm³/mol. The topological polar surface area (TPSA) is 33.0 Å². The molecule has 0 unspecified atom stereocenters. The standard InChI is InChI=1S/C15H10BrClFNO/c16-13-6-10(7-17)2-4-15(13)20-9-11-1-3-14(18)12(5-11)8-19/h1-6H,7,9H2. The summed E-state index contributed by atoms with van der Waals surface area (Å²) >= 11 is 9.15. The van der Waals surface area contributed by atoms with Crippen molar-refractivity contribution in [2.24, 2.45) is 0 Å². The van der Waals surface area contributed by atoms with Gasteiger partial charge in [0.05, 0.1) is 10.0 Å². The molecule has 2 rings (SSSR count). The first-order valence-electron chi connectivity index (χ1n) is 5.79. The maximum Gasteiger partial charge on any atom is 0.140 e. The summed E-state index contributed by atoms with van der Waals surface area (Å²) in [5.41, 5.74) is 1.73. The van der Waals surface area contributed by atoms with E-state index in [1.165, 1.54) is 12.1 Å². The molecular formula is C15H10BrClFNO. The number of halogens is 3. The highest BCUT2D eigenvalue weighted by Gasteiger charge is 2.06. The third kappa shape index (κ3) is 3.50. The first-order valence-corrected chi connectivity index (χ1v) is 7.12. The Kier molecular flexibility index (Phi) is 4.99. The van der Waals surface area contributed by atoms with E-state index in [0.717, 1.165) is 15.6 Å². The molecule has 0 radical (unpaired) electrons. The van der Waals surface area contributed by atoms with E-state index in [0.29, 0.717) is 11.6 Å². The van der Waals surface area contributed by atoms with Crippen molar-refractivity contribution in [3.8, 4) is 11.8 Å². The first-order chi connectivity index (χ1) is 9.63. The highest BCUT2D eigenvalue weighted by atomic mass is 79.9. The van der Waals surface area contributed by atoms with Crippen molar-refractivity contribution in [3.63, 3.8) is 0 Å². The number of benzene rings is 2. The number of rotatable bonds is 4. The minimum atomic E-state index is -0.524. The lowest BCUT2D eigenvalue weighted by Crippen LogP contribution is -1.98. The Morgan fingerprint density at radius 1 is 1.20 bits per heavy atom. The van der Waals surface area contributed by atoms with Crippen LogP contribution in [-0.4, -0.2) is 0 Å². The Hall–Kier alpha value is -1.57. The van der Waals surface area contributed by atoms with Crippen molar-refractivity contribution >= 4 is 27.5 Å². The van der Waals surface area contributed by atoms with Crippen molar-refractivity contribution in [3.05, 3.63) is 63.4 Å². The van der Waals surface area contributed by atoms with E-state index in [9.17, 15) is 4.39 Å². The Labute approximate surface area is 129 Å². The molecule has 0 aliphatic rings. The Balaban J connectivity index is 2.11. The van der Waals surface area contributed by atoms with Gasteiger partial charge in [-0.15, -0.1) is 11.6 Å². The fraction of sp³-hybridized carbons (Fsp3) is 0.133. The zero-order chi connectivity index (χ0) is 14.5. The number of hydrogen-bond donors (Lipinski definition) is 0. The fourth-order valence-electron chi connectivity index (χ4n) is 1.65. The third-order valence-corrected chi connectivity index (χ3v) is 3.62. The summed E-state index contributed by atoms with van der Waals surface area (Å²) in [6, 6.07) is 11.7. The van der Waals surface area contributed by atoms with Crippen LogP contribution < -0.4 is 4.74 Å². The fourth-order valence-corrected chi connectivity index (χ4v) is 2.36. The summed E-state index contributed by atoms with van der Waals surface area (Å²) in [6.07, 6.45) is 0. The molecule has 0 saturated carbocycles. The number of nitriles is 1. The van der Waals surface area contributed by atoms with Crippen molar-refractivity contribution in [2.75, 3.05) is 0 Å². The molecule has 102 valence electrons. The molecule has 2 aromatic carbocycles. The monoisotopic (exact) mass is 353 g/mol. The molecule has 0 saturated heterocycles. The van der Waals surface area contributed by atoms with Gasteiger partial charge in [-0.3, -0.25) is 0 Å². The third-order valence-electron chi connectivity index (χ3n) is 2.70. The van der Waals surface area contributed by atoms with Crippen LogP contribution >= 0.6 is 27.5 Å². The van der Waals surface area contributed by atoms with Crippen molar-refractivity contribution in [2.45, 2.75) is 12.5 Å². The summed E-state index contributed by atoms with van der Waals surface area (Å²) < 4.78 is 19.6. The number of hydrogen-bond acceptors (Lipinski definition) is 2. The van der Waals surface area contributed by atoms with Crippen molar-refractivity contribution in [1.29, 1.82) is 5.26 Å². The van der Waals surface area contributed by atoms with Gasteiger partial charge in [-0.1, -0.05) is 12.1 Å². The van der Waals surface area contributed by atoms with Crippen LogP contribution in [0.4, 0.5) is 4.39 Å². The van der Waals surface area contributed by atoms with Gasteiger partial charge in [0.25, 0.3) is 0 Å². The van der Waals surface area contributed by atoms with Crippen LogP contribution in [-0.2, 0) is 12.5 Å². The average molecular weight is 355 g/mol. The summed E-state index contributed by atoms with van der Waals surface area (Å²) in [6.45, 7) is 0.258. The summed E-state index contributed by atoms with van der Waals surface area (Å²) in [5, 5.41) is 8.78. The minimum Gasteiger partial charge on any atom is -0.488 e. The Bertz CT molecular complexity index is 669. The summed E-state index contributed by atoms with van der Waals surface area (Å²) in [7, 11) is 0. The SMILES string of the molecule is N#Cc1cc(COc2ccc(CCl)cc2Br)ccc1F. The van der Waals surface area contributed by atoms with Gasteiger partial charge in [-0.05, 0) is 51.3 Å². The smallest absolute Gasteiger partial charge is 0.140 e. The van der Waals surface area contributed by atoms with Gasteiger partial charge in [0.15, 0.2) is 0 Å². The van der Waals surface area contributed by atoms with Crippen LogP contribution in [0.25, 0.3) is 0 Å². The van der Waals surface area contributed by atoms with Crippen LogP contribution in [0.1, 0.15) is 16.7 Å². The predicted octanol–water partition coefficient (Wildman–Crippen LogP) is 4.78. The lowest BCUT2D eigenvalue weighted by molar-refractivity contribution is 0.304. The largest absolute Gasteiger partial charge is 0.488 e. The van der Waals surface area contributed by atoms with Gasteiger partial charge in [0.1, 0.15) is 24.2 Å². The minimum absolute atomic E-state index is 0.0163. The van der Waals surface area contributed by atoms with Crippen molar-refractivity contribution in [1.82, 2.24) is 0 Å². The van der Waals surface area contributed by atoms with Gasteiger partial charge in [0.2, 0.25) is 0 Å². The van der Waals surface area contributed by atoms with Crippen LogP contribution in [0.15, 0.2) is 40.9 Å². The molecule has 0 spiro atoms. The number of ether oxygens (including phenoxy) is 1. The lowest BCUT2D eigenvalue weighted by Gasteiger charge is -2.09. The molecule has 2 aromatic rings. The highest BCUT2D eigenvalue weighted by Crippen LogP contribution is 2.27. The molecule has 0 aliphatic carbocycles. The van der Waals surface area contributed by atoms with E-state index in [4.69, 9.17) is 21.6 Å². The highest BCUT2D eigenvalue weighted by molar-refractivity contribution is 9.10. The molecule has 0 atom stereocenters.